The summed E-state index contributed by atoms with van der Waals surface area (Å²) in [7, 11) is -4.54. The summed E-state index contributed by atoms with van der Waals surface area (Å²) >= 11 is 5.95. The molecule has 2 fully saturated rings. The van der Waals surface area contributed by atoms with Gasteiger partial charge in [-0.3, -0.25) is 9.59 Å². The second-order valence-corrected chi connectivity index (χ2v) is 13.9. The van der Waals surface area contributed by atoms with Crippen LogP contribution in [0, 0.1) is 11.3 Å². The van der Waals surface area contributed by atoms with Gasteiger partial charge in [0.25, 0.3) is 0 Å². The van der Waals surface area contributed by atoms with Gasteiger partial charge >= 0.3 is 18.0 Å². The van der Waals surface area contributed by atoms with E-state index in [1.165, 1.54) is 34.1 Å². The third-order valence-electron chi connectivity index (χ3n) is 9.03. The minimum Gasteiger partial charge on any atom is -0.336 e. The zero-order valence-corrected chi connectivity index (χ0v) is 24.8. The first kappa shape index (κ1) is 33.0. The number of fused-ring (bicyclic) bond motifs is 3. The van der Waals surface area contributed by atoms with Gasteiger partial charge in [0.05, 0.1) is 23.4 Å². The Kier molecular flexibility index (Phi) is 8.18. The molecule has 45 heavy (non-hydrogen) atoms. The zero-order valence-electron chi connectivity index (χ0n) is 23.3. The largest absolute Gasteiger partial charge is 0.435 e. The normalized spacial score (nSPS) is 23.9. The fraction of sp³-hybridized carbons (Fsp3) is 0.483. The molecule has 16 heteroatoms. The molecule has 0 spiro atoms. The molecule has 0 radical (unpaired) electrons. The highest BCUT2D eigenvalue weighted by Crippen LogP contribution is 2.57. The first-order valence-corrected chi connectivity index (χ1v) is 15.7. The molecule has 7 nitrogen and oxygen atoms in total. The lowest BCUT2D eigenvalue weighted by Crippen LogP contribution is -2.55. The summed E-state index contributed by atoms with van der Waals surface area (Å²) in [6.07, 6.45) is -13.4. The summed E-state index contributed by atoms with van der Waals surface area (Å²) in [6.45, 7) is -0.181. The van der Waals surface area contributed by atoms with Crippen molar-refractivity contribution in [2.24, 2.45) is 0 Å². The Morgan fingerprint density at radius 1 is 1.00 bits per heavy atom. The Morgan fingerprint density at radius 2 is 1.64 bits per heavy atom. The van der Waals surface area contributed by atoms with E-state index in [2.05, 4.69) is 0 Å². The van der Waals surface area contributed by atoms with Crippen LogP contribution in [0.5, 0.6) is 0 Å². The highest BCUT2D eigenvalue weighted by Gasteiger charge is 2.74. The molecule has 5 rings (SSSR count). The number of nitriles is 1. The molecule has 2 amide bonds. The average molecular weight is 680 g/mol. The summed E-state index contributed by atoms with van der Waals surface area (Å²) in [6, 6.07) is 6.30. The van der Waals surface area contributed by atoms with E-state index in [1.54, 1.807) is 0 Å². The minimum atomic E-state index is -6.36. The maximum atomic E-state index is 15.0. The van der Waals surface area contributed by atoms with Crippen LogP contribution in [0.25, 0.3) is 0 Å². The number of alkyl halides is 7. The molecule has 242 valence electrons. The van der Waals surface area contributed by atoms with Gasteiger partial charge in [0.2, 0.25) is 11.8 Å². The number of hydrogen-bond acceptors (Lipinski definition) is 5. The van der Waals surface area contributed by atoms with Crippen LogP contribution < -0.4 is 0 Å². The van der Waals surface area contributed by atoms with E-state index in [-0.39, 0.29) is 78.6 Å². The van der Waals surface area contributed by atoms with E-state index in [0.29, 0.717) is 12.1 Å². The molecule has 2 aromatic rings. The van der Waals surface area contributed by atoms with Crippen molar-refractivity contribution in [2.75, 3.05) is 13.1 Å². The van der Waals surface area contributed by atoms with Gasteiger partial charge in [-0.25, -0.2) is 12.8 Å². The van der Waals surface area contributed by atoms with E-state index in [4.69, 9.17) is 16.9 Å². The fourth-order valence-corrected chi connectivity index (χ4v) is 9.44. The predicted molar refractivity (Wildman–Crippen MR) is 145 cm³/mol. The second-order valence-electron chi connectivity index (χ2n) is 11.3. The van der Waals surface area contributed by atoms with Crippen LogP contribution in [0.2, 0.25) is 5.02 Å². The summed E-state index contributed by atoms with van der Waals surface area (Å²) in [5, 5.41) is 9.19. The Bertz CT molecular complexity index is 1660. The SMILES string of the molecule is N#CCCN1C(=O)CC[C@H]1C(=O)N1CCC2(S(=O)(=O)c3ccc(Cl)cc3)c3ccc(C(F)(C(F)(F)F)C(F)(F)F)cc3CCC12. The van der Waals surface area contributed by atoms with Crippen LogP contribution in [-0.4, -0.2) is 67.6 Å². The first-order chi connectivity index (χ1) is 20.9. The van der Waals surface area contributed by atoms with Crippen LogP contribution in [-0.2, 0) is 36.3 Å². The molecule has 2 saturated heterocycles. The third-order valence-corrected chi connectivity index (χ3v) is 11.8. The first-order valence-electron chi connectivity index (χ1n) is 13.8. The number of sulfone groups is 1. The molecule has 2 aromatic carbocycles. The summed E-state index contributed by atoms with van der Waals surface area (Å²) < 4.78 is 123. The number of hydrogen-bond donors (Lipinski definition) is 0. The molecule has 3 aliphatic rings. The van der Waals surface area contributed by atoms with Crippen molar-refractivity contribution in [2.45, 2.75) is 78.3 Å². The molecule has 1 aliphatic carbocycles. The fourth-order valence-electron chi connectivity index (χ4n) is 6.95. The Balaban J connectivity index is 1.65. The van der Waals surface area contributed by atoms with Gasteiger partial charge < -0.3 is 9.80 Å². The van der Waals surface area contributed by atoms with Crippen molar-refractivity contribution in [3.05, 3.63) is 64.2 Å². The van der Waals surface area contributed by atoms with Crippen molar-refractivity contribution in [3.8, 4) is 6.07 Å². The summed E-state index contributed by atoms with van der Waals surface area (Å²) in [4.78, 5) is 28.7. The molecule has 2 unspecified atom stereocenters. The van der Waals surface area contributed by atoms with Crippen LogP contribution in [0.3, 0.4) is 0 Å². The average Bonchev–Trinajstić information content (AvgIpc) is 3.55. The van der Waals surface area contributed by atoms with Gasteiger partial charge in [-0.15, -0.1) is 0 Å². The van der Waals surface area contributed by atoms with Gasteiger partial charge in [-0.2, -0.15) is 31.6 Å². The number of nitrogens with zero attached hydrogens (tertiary/aromatic N) is 3. The Labute approximate surface area is 258 Å². The molecule has 0 saturated carbocycles. The molecule has 0 N–H and O–H groups in total. The molecule has 2 aliphatic heterocycles. The monoisotopic (exact) mass is 679 g/mol. The van der Waals surface area contributed by atoms with Gasteiger partial charge in [0, 0.05) is 30.1 Å². The number of halogens is 8. The molecular weight excluding hydrogens is 655 g/mol. The highest BCUT2D eigenvalue weighted by molar-refractivity contribution is 7.92. The Hall–Kier alpha value is -3.38. The Morgan fingerprint density at radius 3 is 2.24 bits per heavy atom. The van der Waals surface area contributed by atoms with Gasteiger partial charge in [-0.05, 0) is 61.1 Å². The summed E-state index contributed by atoms with van der Waals surface area (Å²) in [5.74, 6) is -0.928. The quantitative estimate of drug-likeness (QED) is 0.362. The standard InChI is InChI=1S/C29H25ClF7N3O4S/c30-19-4-6-20(7-5-19)45(43,44)26-12-15-40(25(42)22-9-11-24(41)39(22)14-1-13-38)23(26)10-2-17-16-18(3-8-21(17)26)27(31,28(32,33)34)29(35,36)37/h3-8,16,22-23H,1-2,9-12,14-15H2/t22-,23?,26?/m0/s1. The number of carbonyl (C=O) groups excluding carboxylic acids is 2. The lowest BCUT2D eigenvalue weighted by molar-refractivity contribution is -0.348. The second kappa shape index (κ2) is 11.2. The number of likely N-dealkylation sites (tertiary alicyclic amines) is 2. The number of carbonyl (C=O) groups is 2. The maximum Gasteiger partial charge on any atom is 0.435 e. The topological polar surface area (TPSA) is 98.5 Å². The van der Waals surface area contributed by atoms with Crippen LogP contribution in [0.4, 0.5) is 30.7 Å². The minimum absolute atomic E-state index is 0.0204. The number of benzene rings is 2. The lowest BCUT2D eigenvalue weighted by Gasteiger charge is -2.43. The highest BCUT2D eigenvalue weighted by atomic mass is 35.5. The van der Waals surface area contributed by atoms with E-state index in [9.17, 15) is 44.3 Å². The van der Waals surface area contributed by atoms with E-state index in [0.717, 1.165) is 6.07 Å². The smallest absolute Gasteiger partial charge is 0.336 e. The van der Waals surface area contributed by atoms with E-state index >= 15 is 4.39 Å². The van der Waals surface area contributed by atoms with Gasteiger partial charge in [-0.1, -0.05) is 29.8 Å². The number of rotatable bonds is 6. The van der Waals surface area contributed by atoms with Crippen molar-refractivity contribution >= 4 is 33.3 Å². The van der Waals surface area contributed by atoms with Crippen molar-refractivity contribution in [1.82, 2.24) is 9.80 Å². The molecule has 2 heterocycles. The maximum absolute atomic E-state index is 15.0. The van der Waals surface area contributed by atoms with Crippen LogP contribution in [0.1, 0.15) is 48.8 Å². The predicted octanol–water partition coefficient (Wildman–Crippen LogP) is 5.75. The molecule has 3 atom stereocenters. The zero-order chi connectivity index (χ0) is 33.2. The summed E-state index contributed by atoms with van der Waals surface area (Å²) in [5.41, 5.74) is -7.81. The van der Waals surface area contributed by atoms with Crippen LogP contribution in [0.15, 0.2) is 47.4 Å². The third kappa shape index (κ3) is 4.95. The number of aryl methyl sites for hydroxylation is 1. The van der Waals surface area contributed by atoms with Crippen molar-refractivity contribution < 1.29 is 48.7 Å². The molecule has 0 bridgehead atoms. The lowest BCUT2D eigenvalue weighted by atomic mass is 9.76. The van der Waals surface area contributed by atoms with Gasteiger partial charge in [0.1, 0.15) is 10.8 Å². The molecule has 0 aromatic heterocycles. The number of amides is 2. The van der Waals surface area contributed by atoms with Crippen LogP contribution >= 0.6 is 11.6 Å². The molecular formula is C29H25ClF7N3O4S. The van der Waals surface area contributed by atoms with Gasteiger partial charge in [0.15, 0.2) is 9.84 Å². The van der Waals surface area contributed by atoms with Crippen molar-refractivity contribution in [3.63, 3.8) is 0 Å². The van der Waals surface area contributed by atoms with E-state index < -0.39 is 56.2 Å². The van der Waals surface area contributed by atoms with Crippen molar-refractivity contribution in [1.29, 1.82) is 5.26 Å². The van der Waals surface area contributed by atoms with E-state index in [1.807, 2.05) is 6.07 Å².